The minimum Gasteiger partial charge on any atom is -0.373 e. The Morgan fingerprint density at radius 3 is 2.55 bits per heavy atom. The molecule has 22 heavy (non-hydrogen) atoms. The fourth-order valence-electron chi connectivity index (χ4n) is 2.81. The van der Waals surface area contributed by atoms with Gasteiger partial charge in [0, 0.05) is 23.7 Å². The van der Waals surface area contributed by atoms with Crippen molar-refractivity contribution in [2.45, 2.75) is 45.1 Å². The minimum atomic E-state index is -0.382. The highest BCUT2D eigenvalue weighted by molar-refractivity contribution is 7.19. The normalized spacial score (nSPS) is 15.7. The molecular formula is C16H19N3O2S. The summed E-state index contributed by atoms with van der Waals surface area (Å²) < 4.78 is 0. The third-order valence-electron chi connectivity index (χ3n) is 4.06. The molecule has 1 aromatic carbocycles. The first kappa shape index (κ1) is 15.0. The summed E-state index contributed by atoms with van der Waals surface area (Å²) in [6, 6.07) is 7.14. The first-order valence-electron chi connectivity index (χ1n) is 7.62. The molecule has 1 saturated carbocycles. The molecule has 0 amide bonds. The van der Waals surface area contributed by atoms with Gasteiger partial charge in [-0.15, -0.1) is 0 Å². The summed E-state index contributed by atoms with van der Waals surface area (Å²) in [4.78, 5) is 14.9. The Hall–Kier alpha value is -1.95. The lowest BCUT2D eigenvalue weighted by molar-refractivity contribution is -0.384. The second-order valence-corrected chi connectivity index (χ2v) is 6.72. The maximum Gasteiger partial charge on any atom is 0.269 e. The van der Waals surface area contributed by atoms with E-state index in [9.17, 15) is 10.1 Å². The molecule has 0 spiro atoms. The summed E-state index contributed by atoms with van der Waals surface area (Å²) in [7, 11) is 0. The fourth-order valence-corrected chi connectivity index (χ4v) is 3.86. The molecule has 1 aliphatic carbocycles. The van der Waals surface area contributed by atoms with Crippen molar-refractivity contribution in [1.29, 1.82) is 0 Å². The predicted molar refractivity (Wildman–Crippen MR) is 89.4 cm³/mol. The Labute approximate surface area is 133 Å². The third kappa shape index (κ3) is 3.27. The van der Waals surface area contributed by atoms with E-state index in [4.69, 9.17) is 0 Å². The number of nitro benzene ring substituents is 1. The molecule has 1 N–H and O–H groups in total. The van der Waals surface area contributed by atoms with Crippen LogP contribution in [0.2, 0.25) is 0 Å². The molecular weight excluding hydrogens is 298 g/mol. The number of anilines is 1. The maximum atomic E-state index is 10.7. The standard InChI is InChI=1S/C16H19N3O2S/c1-11-15(18-13-5-3-2-4-6-13)22-16(17-11)12-7-9-14(10-8-12)19(20)21/h7-10,13,18H,2-6H2,1H3. The zero-order valence-electron chi connectivity index (χ0n) is 12.5. The van der Waals surface area contributed by atoms with Gasteiger partial charge < -0.3 is 5.32 Å². The van der Waals surface area contributed by atoms with Gasteiger partial charge in [-0.1, -0.05) is 30.6 Å². The van der Waals surface area contributed by atoms with E-state index in [0.717, 1.165) is 21.3 Å². The monoisotopic (exact) mass is 317 g/mol. The minimum absolute atomic E-state index is 0.109. The number of hydrogen-bond donors (Lipinski definition) is 1. The quantitative estimate of drug-likeness (QED) is 0.651. The van der Waals surface area contributed by atoms with Crippen LogP contribution in [0.4, 0.5) is 10.7 Å². The third-order valence-corrected chi connectivity index (χ3v) is 5.20. The molecule has 0 radical (unpaired) electrons. The van der Waals surface area contributed by atoms with Crippen LogP contribution in [-0.2, 0) is 0 Å². The van der Waals surface area contributed by atoms with Crippen molar-refractivity contribution in [1.82, 2.24) is 4.98 Å². The molecule has 116 valence electrons. The molecule has 0 aliphatic heterocycles. The van der Waals surface area contributed by atoms with Gasteiger partial charge >= 0.3 is 0 Å². The number of thiazole rings is 1. The van der Waals surface area contributed by atoms with E-state index in [0.29, 0.717) is 6.04 Å². The number of nitrogens with zero attached hydrogens (tertiary/aromatic N) is 2. The van der Waals surface area contributed by atoms with E-state index >= 15 is 0 Å². The summed E-state index contributed by atoms with van der Waals surface area (Å²) in [5, 5.41) is 16.4. The Kier molecular flexibility index (Phi) is 4.38. The summed E-state index contributed by atoms with van der Waals surface area (Å²) in [6.07, 6.45) is 6.39. The topological polar surface area (TPSA) is 68.1 Å². The molecule has 1 aliphatic rings. The van der Waals surface area contributed by atoms with E-state index in [2.05, 4.69) is 10.3 Å². The van der Waals surface area contributed by atoms with Gasteiger partial charge in [0.1, 0.15) is 10.0 Å². The molecule has 6 heteroatoms. The van der Waals surface area contributed by atoms with Crippen LogP contribution < -0.4 is 5.32 Å². The second kappa shape index (κ2) is 6.44. The lowest BCUT2D eigenvalue weighted by Crippen LogP contribution is -2.21. The van der Waals surface area contributed by atoms with Crippen LogP contribution >= 0.6 is 11.3 Å². The van der Waals surface area contributed by atoms with Crippen molar-refractivity contribution in [2.24, 2.45) is 0 Å². The number of hydrogen-bond acceptors (Lipinski definition) is 5. The number of aromatic nitrogens is 1. The van der Waals surface area contributed by atoms with Gasteiger partial charge in [-0.25, -0.2) is 4.98 Å². The van der Waals surface area contributed by atoms with E-state index in [1.807, 2.05) is 6.92 Å². The van der Waals surface area contributed by atoms with E-state index in [-0.39, 0.29) is 10.6 Å². The van der Waals surface area contributed by atoms with Crippen molar-refractivity contribution in [3.63, 3.8) is 0 Å². The van der Waals surface area contributed by atoms with Crippen molar-refractivity contribution >= 4 is 22.0 Å². The number of nitro groups is 1. The van der Waals surface area contributed by atoms with Gasteiger partial charge in [0.15, 0.2) is 0 Å². The first-order chi connectivity index (χ1) is 10.6. The van der Waals surface area contributed by atoms with Gasteiger partial charge in [-0.2, -0.15) is 0 Å². The molecule has 0 bridgehead atoms. The average molecular weight is 317 g/mol. The van der Waals surface area contributed by atoms with Crippen LogP contribution in [0.3, 0.4) is 0 Å². The number of nitrogens with one attached hydrogen (secondary N) is 1. The van der Waals surface area contributed by atoms with Crippen LogP contribution in [-0.4, -0.2) is 15.9 Å². The fraction of sp³-hybridized carbons (Fsp3) is 0.438. The number of rotatable bonds is 4. The molecule has 2 aromatic rings. The molecule has 0 atom stereocenters. The molecule has 0 saturated heterocycles. The predicted octanol–water partition coefficient (Wildman–Crippen LogP) is 4.77. The Morgan fingerprint density at radius 2 is 1.91 bits per heavy atom. The van der Waals surface area contributed by atoms with Crippen LogP contribution in [0.15, 0.2) is 24.3 Å². The smallest absolute Gasteiger partial charge is 0.269 e. The largest absolute Gasteiger partial charge is 0.373 e. The van der Waals surface area contributed by atoms with Crippen LogP contribution in [0, 0.1) is 17.0 Å². The molecule has 3 rings (SSSR count). The number of aryl methyl sites for hydroxylation is 1. The highest BCUT2D eigenvalue weighted by Crippen LogP contribution is 2.34. The SMILES string of the molecule is Cc1nc(-c2ccc([N+](=O)[O-])cc2)sc1NC1CCCCC1. The summed E-state index contributed by atoms with van der Waals surface area (Å²) in [5.74, 6) is 0. The van der Waals surface area contributed by atoms with Gasteiger partial charge in [-0.3, -0.25) is 10.1 Å². The van der Waals surface area contributed by atoms with Gasteiger partial charge in [0.2, 0.25) is 0 Å². The summed E-state index contributed by atoms with van der Waals surface area (Å²) >= 11 is 1.63. The number of non-ortho nitro benzene ring substituents is 1. The Morgan fingerprint density at radius 1 is 1.23 bits per heavy atom. The second-order valence-electron chi connectivity index (χ2n) is 5.72. The molecule has 5 nitrogen and oxygen atoms in total. The van der Waals surface area contributed by atoms with Crippen molar-refractivity contribution in [2.75, 3.05) is 5.32 Å². The van der Waals surface area contributed by atoms with Gasteiger partial charge in [0.05, 0.1) is 10.6 Å². The molecule has 1 heterocycles. The summed E-state index contributed by atoms with van der Waals surface area (Å²) in [5.41, 5.74) is 2.04. The van der Waals surface area contributed by atoms with Gasteiger partial charge in [0.25, 0.3) is 5.69 Å². The van der Waals surface area contributed by atoms with E-state index < -0.39 is 0 Å². The average Bonchev–Trinajstić information content (AvgIpc) is 2.89. The van der Waals surface area contributed by atoms with Gasteiger partial charge in [-0.05, 0) is 31.9 Å². The maximum absolute atomic E-state index is 10.7. The molecule has 1 aromatic heterocycles. The summed E-state index contributed by atoms with van der Waals surface area (Å²) in [6.45, 7) is 2.01. The highest BCUT2D eigenvalue weighted by atomic mass is 32.1. The van der Waals surface area contributed by atoms with Crippen LogP contribution in [0.25, 0.3) is 10.6 Å². The highest BCUT2D eigenvalue weighted by Gasteiger charge is 2.17. The van der Waals surface area contributed by atoms with E-state index in [1.54, 1.807) is 23.5 Å². The zero-order valence-corrected chi connectivity index (χ0v) is 13.4. The lowest BCUT2D eigenvalue weighted by atomic mass is 9.96. The Bertz CT molecular complexity index is 661. The Balaban J connectivity index is 1.77. The van der Waals surface area contributed by atoms with Crippen LogP contribution in [0.1, 0.15) is 37.8 Å². The van der Waals surface area contributed by atoms with Crippen molar-refractivity contribution in [3.8, 4) is 10.6 Å². The van der Waals surface area contributed by atoms with Crippen LogP contribution in [0.5, 0.6) is 0 Å². The molecule has 0 unspecified atom stereocenters. The first-order valence-corrected chi connectivity index (χ1v) is 8.44. The zero-order chi connectivity index (χ0) is 15.5. The molecule has 1 fully saturated rings. The van der Waals surface area contributed by atoms with E-state index in [1.165, 1.54) is 44.2 Å². The van der Waals surface area contributed by atoms with Crippen molar-refractivity contribution < 1.29 is 4.92 Å². The number of benzene rings is 1. The van der Waals surface area contributed by atoms with Crippen molar-refractivity contribution in [3.05, 3.63) is 40.1 Å². The lowest BCUT2D eigenvalue weighted by Gasteiger charge is -2.23.